The van der Waals surface area contributed by atoms with Gasteiger partial charge in [0.25, 0.3) is 0 Å². The SMILES string of the molecule is CC1(C)C=CC=C(N(c2ccc3c(c2)C(C)(C)c2cc(N(c4ccccc4)c4cccc5ccccc45)ccc2-3)c2cccc3ccccc23)C=C1. The number of fused-ring (bicyclic) bond motifs is 5. The van der Waals surface area contributed by atoms with E-state index < -0.39 is 0 Å². The summed E-state index contributed by atoms with van der Waals surface area (Å²) >= 11 is 0. The number of anilines is 5. The third-order valence-corrected chi connectivity index (χ3v) is 10.9. The molecule has 2 aliphatic carbocycles. The Morgan fingerprint density at radius 1 is 0.442 bits per heavy atom. The first-order valence-electron chi connectivity index (χ1n) is 18.3. The van der Waals surface area contributed by atoms with E-state index in [0.29, 0.717) is 0 Å². The molecule has 0 heterocycles. The van der Waals surface area contributed by atoms with Crippen molar-refractivity contribution in [1.82, 2.24) is 0 Å². The van der Waals surface area contributed by atoms with Gasteiger partial charge in [-0.15, -0.1) is 0 Å². The molecule has 0 unspecified atom stereocenters. The first-order chi connectivity index (χ1) is 25.3. The monoisotopic (exact) mass is 670 g/mol. The quantitative estimate of drug-likeness (QED) is 0.174. The molecule has 0 aliphatic heterocycles. The smallest absolute Gasteiger partial charge is 0.0540 e. The summed E-state index contributed by atoms with van der Waals surface area (Å²) in [7, 11) is 0. The summed E-state index contributed by atoms with van der Waals surface area (Å²) in [5.74, 6) is 0. The third kappa shape index (κ3) is 5.34. The van der Waals surface area contributed by atoms with Crippen LogP contribution in [-0.2, 0) is 5.41 Å². The van der Waals surface area contributed by atoms with Crippen LogP contribution in [-0.4, -0.2) is 0 Å². The standard InChI is InChI=1S/C50H42N2/c1-49(2)31-14-21-38(30-32-49)52(48-25-13-18-36-16-9-11-23-42(36)48)40-27-29-44-43-28-26-39(33-45(43)50(3,4)46(44)34-40)51(37-19-6-5-7-20-37)47-24-12-17-35-15-8-10-22-41(35)47/h5-34H,1-4H3. The van der Waals surface area contributed by atoms with Crippen LogP contribution in [0.1, 0.15) is 38.8 Å². The lowest BCUT2D eigenvalue weighted by molar-refractivity contribution is 0.627. The maximum atomic E-state index is 2.44. The molecule has 0 atom stereocenters. The molecule has 0 bridgehead atoms. The molecule has 252 valence electrons. The van der Waals surface area contributed by atoms with E-state index in [0.717, 1.165) is 22.8 Å². The topological polar surface area (TPSA) is 6.48 Å². The van der Waals surface area contributed by atoms with Crippen LogP contribution < -0.4 is 9.80 Å². The zero-order valence-electron chi connectivity index (χ0n) is 30.2. The van der Waals surface area contributed by atoms with Gasteiger partial charge in [-0.1, -0.05) is 149 Å². The number of hydrogen-bond donors (Lipinski definition) is 0. The van der Waals surface area contributed by atoms with E-state index in [9.17, 15) is 0 Å². The molecule has 7 aromatic carbocycles. The number of rotatable bonds is 6. The third-order valence-electron chi connectivity index (χ3n) is 10.9. The second-order valence-corrected chi connectivity index (χ2v) is 15.2. The van der Waals surface area contributed by atoms with Gasteiger partial charge in [0.2, 0.25) is 0 Å². The van der Waals surface area contributed by atoms with Gasteiger partial charge in [-0.25, -0.2) is 0 Å². The Hall–Kier alpha value is -6.12. The fraction of sp³-hybridized carbons (Fsp3) is 0.120. The Bertz CT molecular complexity index is 2570. The van der Waals surface area contributed by atoms with Gasteiger partial charge in [0.15, 0.2) is 0 Å². The molecule has 7 aromatic rings. The summed E-state index contributed by atoms with van der Waals surface area (Å²) in [5, 5.41) is 4.93. The summed E-state index contributed by atoms with van der Waals surface area (Å²) in [5.41, 5.74) is 12.0. The van der Waals surface area contributed by atoms with Crippen molar-refractivity contribution in [2.75, 3.05) is 9.80 Å². The minimum absolute atomic E-state index is 0.0262. The van der Waals surface area contributed by atoms with E-state index in [1.54, 1.807) is 0 Å². The van der Waals surface area contributed by atoms with Crippen LogP contribution in [0.3, 0.4) is 0 Å². The van der Waals surface area contributed by atoms with Crippen LogP contribution >= 0.6 is 0 Å². The van der Waals surface area contributed by atoms with Crippen molar-refractivity contribution in [3.8, 4) is 11.1 Å². The van der Waals surface area contributed by atoms with Crippen LogP contribution in [0.25, 0.3) is 32.7 Å². The van der Waals surface area contributed by atoms with Gasteiger partial charge in [0.05, 0.1) is 11.4 Å². The zero-order valence-corrected chi connectivity index (χ0v) is 30.2. The highest BCUT2D eigenvalue weighted by Gasteiger charge is 2.37. The molecule has 0 spiro atoms. The van der Waals surface area contributed by atoms with Crippen molar-refractivity contribution < 1.29 is 0 Å². The van der Waals surface area contributed by atoms with E-state index in [-0.39, 0.29) is 10.8 Å². The average molecular weight is 671 g/mol. The summed E-state index contributed by atoms with van der Waals surface area (Å²) in [4.78, 5) is 4.85. The fourth-order valence-electron chi connectivity index (χ4n) is 8.18. The minimum Gasteiger partial charge on any atom is -0.310 e. The summed E-state index contributed by atoms with van der Waals surface area (Å²) < 4.78 is 0. The predicted molar refractivity (Wildman–Crippen MR) is 222 cm³/mol. The first kappa shape index (κ1) is 31.8. The highest BCUT2D eigenvalue weighted by atomic mass is 15.2. The number of nitrogens with zero attached hydrogens (tertiary/aromatic N) is 2. The van der Waals surface area contributed by atoms with Crippen LogP contribution in [0, 0.1) is 5.41 Å². The summed E-state index contributed by atoms with van der Waals surface area (Å²) in [6, 6.07) is 55.5. The van der Waals surface area contributed by atoms with Crippen LogP contribution in [0.5, 0.6) is 0 Å². The van der Waals surface area contributed by atoms with Crippen LogP contribution in [0.2, 0.25) is 0 Å². The molecule has 0 N–H and O–H groups in total. The van der Waals surface area contributed by atoms with Gasteiger partial charge in [-0.2, -0.15) is 0 Å². The molecular formula is C50H42N2. The Labute approximate surface area is 307 Å². The van der Waals surface area contributed by atoms with E-state index >= 15 is 0 Å². The van der Waals surface area contributed by atoms with Gasteiger partial charge in [0.1, 0.15) is 0 Å². The molecule has 2 nitrogen and oxygen atoms in total. The second-order valence-electron chi connectivity index (χ2n) is 15.2. The van der Waals surface area contributed by atoms with E-state index in [1.807, 2.05) is 0 Å². The Morgan fingerprint density at radius 3 is 1.58 bits per heavy atom. The maximum absolute atomic E-state index is 2.44. The maximum Gasteiger partial charge on any atom is 0.0540 e. The molecule has 0 amide bonds. The molecular weight excluding hydrogens is 629 g/mol. The van der Waals surface area contributed by atoms with Crippen molar-refractivity contribution in [2.24, 2.45) is 5.41 Å². The van der Waals surface area contributed by atoms with Gasteiger partial charge >= 0.3 is 0 Å². The molecule has 0 saturated heterocycles. The normalized spacial score (nSPS) is 15.2. The Morgan fingerprint density at radius 2 is 0.962 bits per heavy atom. The Balaban J connectivity index is 1.19. The highest BCUT2D eigenvalue weighted by Crippen LogP contribution is 2.53. The second kappa shape index (κ2) is 12.3. The van der Waals surface area contributed by atoms with Gasteiger partial charge in [-0.05, 0) is 93.7 Å². The minimum atomic E-state index is -0.224. The van der Waals surface area contributed by atoms with Crippen molar-refractivity contribution in [2.45, 2.75) is 33.1 Å². The molecule has 0 aromatic heterocycles. The van der Waals surface area contributed by atoms with E-state index in [1.165, 1.54) is 55.2 Å². The van der Waals surface area contributed by atoms with E-state index in [2.05, 4.69) is 220 Å². The first-order valence-corrected chi connectivity index (χ1v) is 18.3. The van der Waals surface area contributed by atoms with Crippen LogP contribution in [0.15, 0.2) is 188 Å². The molecule has 9 rings (SSSR count). The lowest BCUT2D eigenvalue weighted by Crippen LogP contribution is -2.19. The highest BCUT2D eigenvalue weighted by molar-refractivity contribution is 6.00. The Kier molecular flexibility index (Phi) is 7.52. The number of para-hydroxylation sites is 1. The molecule has 0 fully saturated rings. The van der Waals surface area contributed by atoms with Crippen molar-refractivity contribution in [3.05, 3.63) is 199 Å². The molecule has 2 aliphatic rings. The van der Waals surface area contributed by atoms with Crippen molar-refractivity contribution in [3.63, 3.8) is 0 Å². The number of allylic oxidation sites excluding steroid dienone is 5. The lowest BCUT2D eigenvalue weighted by atomic mass is 9.82. The van der Waals surface area contributed by atoms with Gasteiger partial charge in [-0.3, -0.25) is 0 Å². The molecule has 52 heavy (non-hydrogen) atoms. The summed E-state index contributed by atoms with van der Waals surface area (Å²) in [6.07, 6.45) is 11.3. The largest absolute Gasteiger partial charge is 0.310 e. The summed E-state index contributed by atoms with van der Waals surface area (Å²) in [6.45, 7) is 9.27. The number of benzene rings is 7. The zero-order chi connectivity index (χ0) is 35.5. The average Bonchev–Trinajstić information content (AvgIpc) is 3.25. The lowest BCUT2D eigenvalue weighted by Gasteiger charge is -2.30. The molecule has 0 radical (unpaired) electrons. The molecule has 2 heteroatoms. The van der Waals surface area contributed by atoms with Gasteiger partial charge in [0, 0.05) is 44.4 Å². The fourth-order valence-corrected chi connectivity index (χ4v) is 8.18. The van der Waals surface area contributed by atoms with Crippen LogP contribution in [0.4, 0.5) is 28.4 Å². The molecule has 0 saturated carbocycles. The van der Waals surface area contributed by atoms with E-state index in [4.69, 9.17) is 0 Å². The van der Waals surface area contributed by atoms with Crippen molar-refractivity contribution in [1.29, 1.82) is 0 Å². The number of hydrogen-bond acceptors (Lipinski definition) is 2. The van der Waals surface area contributed by atoms with Crippen molar-refractivity contribution >= 4 is 50.0 Å². The van der Waals surface area contributed by atoms with Gasteiger partial charge < -0.3 is 9.80 Å². The predicted octanol–water partition coefficient (Wildman–Crippen LogP) is 13.9.